The molecule has 1 atom stereocenters. The van der Waals surface area contributed by atoms with Crippen molar-refractivity contribution in [2.45, 2.75) is 46.1 Å². The Kier molecular flexibility index (Phi) is 5.09. The molecule has 0 saturated carbocycles. The van der Waals surface area contributed by atoms with E-state index in [-0.39, 0.29) is 0 Å². The second-order valence-electron chi connectivity index (χ2n) is 4.83. The van der Waals surface area contributed by atoms with Gasteiger partial charge in [0, 0.05) is 12.2 Å². The van der Waals surface area contributed by atoms with E-state index < -0.39 is 0 Å². The van der Waals surface area contributed by atoms with Crippen molar-refractivity contribution in [1.82, 2.24) is 4.98 Å². The Balaban J connectivity index is 2.34. The number of hydrogen-bond donors (Lipinski definition) is 2. The monoisotopic (exact) mass is 221 g/mol. The highest BCUT2D eigenvalue weighted by Crippen LogP contribution is 2.18. The van der Waals surface area contributed by atoms with Gasteiger partial charge in [0.25, 0.3) is 0 Å². The van der Waals surface area contributed by atoms with Crippen molar-refractivity contribution in [3.05, 3.63) is 18.5 Å². The fourth-order valence-electron chi connectivity index (χ4n) is 1.71. The molecule has 1 aromatic rings. The minimum atomic E-state index is 0.462. The molecule has 0 aliphatic carbocycles. The Hall–Kier alpha value is -1.25. The van der Waals surface area contributed by atoms with E-state index in [1.807, 2.05) is 6.07 Å². The third-order valence-electron chi connectivity index (χ3n) is 2.67. The highest BCUT2D eigenvalue weighted by molar-refractivity contribution is 5.64. The molecule has 3 heteroatoms. The summed E-state index contributed by atoms with van der Waals surface area (Å²) in [5.41, 5.74) is 7.53. The molecular formula is C13H23N3. The number of anilines is 2. The maximum absolute atomic E-state index is 5.82. The molecule has 0 aliphatic rings. The molecule has 0 radical (unpaired) electrons. The van der Waals surface area contributed by atoms with Gasteiger partial charge in [-0.25, -0.2) is 0 Å². The second kappa shape index (κ2) is 6.36. The van der Waals surface area contributed by atoms with Crippen LogP contribution in [0.15, 0.2) is 18.5 Å². The van der Waals surface area contributed by atoms with E-state index in [9.17, 15) is 0 Å². The summed E-state index contributed by atoms with van der Waals surface area (Å²) in [7, 11) is 0. The van der Waals surface area contributed by atoms with Crippen molar-refractivity contribution in [1.29, 1.82) is 0 Å². The van der Waals surface area contributed by atoms with Gasteiger partial charge in [0.1, 0.15) is 0 Å². The number of rotatable bonds is 6. The first-order valence-corrected chi connectivity index (χ1v) is 6.05. The van der Waals surface area contributed by atoms with Gasteiger partial charge in [-0.3, -0.25) is 4.98 Å². The maximum Gasteiger partial charge on any atom is 0.0736 e. The average molecular weight is 221 g/mol. The Morgan fingerprint density at radius 2 is 2.06 bits per heavy atom. The largest absolute Gasteiger partial charge is 0.396 e. The van der Waals surface area contributed by atoms with Crippen molar-refractivity contribution in [2.24, 2.45) is 5.92 Å². The van der Waals surface area contributed by atoms with Gasteiger partial charge in [-0.1, -0.05) is 26.7 Å². The normalized spacial score (nSPS) is 12.8. The Morgan fingerprint density at radius 3 is 2.69 bits per heavy atom. The first-order valence-electron chi connectivity index (χ1n) is 6.05. The fraction of sp³-hybridized carbons (Fsp3) is 0.615. The van der Waals surface area contributed by atoms with Crippen LogP contribution in [0.3, 0.4) is 0 Å². The van der Waals surface area contributed by atoms with Crippen molar-refractivity contribution < 1.29 is 0 Å². The summed E-state index contributed by atoms with van der Waals surface area (Å²) < 4.78 is 0. The molecule has 1 unspecified atom stereocenters. The van der Waals surface area contributed by atoms with Crippen LogP contribution < -0.4 is 11.1 Å². The summed E-state index contributed by atoms with van der Waals surface area (Å²) in [6.07, 6.45) is 7.18. The molecule has 1 aromatic heterocycles. The highest BCUT2D eigenvalue weighted by atomic mass is 14.9. The summed E-state index contributed by atoms with van der Waals surface area (Å²) in [6.45, 7) is 6.72. The highest BCUT2D eigenvalue weighted by Gasteiger charge is 2.04. The molecule has 1 heterocycles. The summed E-state index contributed by atoms with van der Waals surface area (Å²) in [5.74, 6) is 0.790. The minimum Gasteiger partial charge on any atom is -0.396 e. The summed E-state index contributed by atoms with van der Waals surface area (Å²) in [5, 5.41) is 3.42. The molecule has 0 aromatic carbocycles. The van der Waals surface area contributed by atoms with Crippen LogP contribution in [0.5, 0.6) is 0 Å². The third kappa shape index (κ3) is 4.51. The van der Waals surface area contributed by atoms with Crippen LogP contribution in [0.4, 0.5) is 11.4 Å². The van der Waals surface area contributed by atoms with E-state index in [4.69, 9.17) is 5.73 Å². The van der Waals surface area contributed by atoms with Crippen molar-refractivity contribution >= 4 is 11.4 Å². The molecular weight excluding hydrogens is 198 g/mol. The zero-order chi connectivity index (χ0) is 12.0. The van der Waals surface area contributed by atoms with E-state index in [0.29, 0.717) is 6.04 Å². The van der Waals surface area contributed by atoms with Crippen LogP contribution in [0, 0.1) is 5.92 Å². The number of nitrogens with two attached hydrogens (primary N) is 1. The molecule has 16 heavy (non-hydrogen) atoms. The number of aromatic nitrogens is 1. The van der Waals surface area contributed by atoms with Crippen LogP contribution >= 0.6 is 0 Å². The Bertz CT molecular complexity index is 310. The van der Waals surface area contributed by atoms with Gasteiger partial charge in [0.2, 0.25) is 0 Å². The Labute approximate surface area is 98.5 Å². The molecule has 3 nitrogen and oxygen atoms in total. The molecule has 0 amide bonds. The molecule has 0 fully saturated rings. The topological polar surface area (TPSA) is 50.9 Å². The number of nitrogens with zero attached hydrogens (tertiary/aromatic N) is 1. The molecule has 0 aliphatic heterocycles. The number of nitrogen functional groups attached to an aromatic ring is 1. The molecule has 0 spiro atoms. The first kappa shape index (κ1) is 12.8. The van der Waals surface area contributed by atoms with E-state index in [1.54, 1.807) is 12.4 Å². The second-order valence-corrected chi connectivity index (χ2v) is 4.83. The van der Waals surface area contributed by atoms with Crippen molar-refractivity contribution in [3.8, 4) is 0 Å². The first-order chi connectivity index (χ1) is 7.59. The molecule has 1 rings (SSSR count). The van der Waals surface area contributed by atoms with Crippen LogP contribution in [0.25, 0.3) is 0 Å². The lowest BCUT2D eigenvalue weighted by atomic mass is 10.0. The smallest absolute Gasteiger partial charge is 0.0736 e. The van der Waals surface area contributed by atoms with Crippen LogP contribution in [-0.2, 0) is 0 Å². The lowest BCUT2D eigenvalue weighted by Crippen LogP contribution is -2.16. The van der Waals surface area contributed by atoms with E-state index in [0.717, 1.165) is 17.3 Å². The van der Waals surface area contributed by atoms with Crippen LogP contribution in [0.1, 0.15) is 40.0 Å². The quantitative estimate of drug-likeness (QED) is 0.775. The lowest BCUT2D eigenvalue weighted by molar-refractivity contribution is 0.520. The van der Waals surface area contributed by atoms with Gasteiger partial charge < -0.3 is 11.1 Å². The predicted octanol–water partition coefficient (Wildman–Crippen LogP) is 3.29. The summed E-state index contributed by atoms with van der Waals surface area (Å²) >= 11 is 0. The van der Waals surface area contributed by atoms with Gasteiger partial charge >= 0.3 is 0 Å². The lowest BCUT2D eigenvalue weighted by Gasteiger charge is -2.16. The molecule has 0 bridgehead atoms. The average Bonchev–Trinajstić information content (AvgIpc) is 2.21. The standard InChI is InChI=1S/C13H23N3/c1-10(2)5-4-6-11(3)16-13-7-8-15-9-12(13)14/h7-11H,4-6,14H2,1-3H3,(H,15,16). The third-order valence-corrected chi connectivity index (χ3v) is 2.67. The van der Waals surface area contributed by atoms with E-state index in [1.165, 1.54) is 19.3 Å². The van der Waals surface area contributed by atoms with Gasteiger partial charge in [-0.2, -0.15) is 0 Å². The van der Waals surface area contributed by atoms with Gasteiger partial charge in [0.05, 0.1) is 17.6 Å². The number of nitrogens with one attached hydrogen (secondary N) is 1. The zero-order valence-electron chi connectivity index (χ0n) is 10.5. The van der Waals surface area contributed by atoms with Gasteiger partial charge in [-0.15, -0.1) is 0 Å². The number of hydrogen-bond acceptors (Lipinski definition) is 3. The summed E-state index contributed by atoms with van der Waals surface area (Å²) in [6, 6.07) is 2.39. The summed E-state index contributed by atoms with van der Waals surface area (Å²) in [4.78, 5) is 3.97. The molecule has 0 saturated heterocycles. The van der Waals surface area contributed by atoms with Gasteiger partial charge in [0.15, 0.2) is 0 Å². The number of pyridine rings is 1. The van der Waals surface area contributed by atoms with Crippen molar-refractivity contribution in [3.63, 3.8) is 0 Å². The Morgan fingerprint density at radius 1 is 1.31 bits per heavy atom. The van der Waals surface area contributed by atoms with Crippen LogP contribution in [0.2, 0.25) is 0 Å². The van der Waals surface area contributed by atoms with Crippen LogP contribution in [-0.4, -0.2) is 11.0 Å². The van der Waals surface area contributed by atoms with Crippen molar-refractivity contribution in [2.75, 3.05) is 11.1 Å². The fourth-order valence-corrected chi connectivity index (χ4v) is 1.71. The van der Waals surface area contributed by atoms with E-state index in [2.05, 4.69) is 31.1 Å². The maximum atomic E-state index is 5.82. The minimum absolute atomic E-state index is 0.462. The van der Waals surface area contributed by atoms with Gasteiger partial charge in [-0.05, 0) is 25.3 Å². The van der Waals surface area contributed by atoms with E-state index >= 15 is 0 Å². The molecule has 90 valence electrons. The SMILES string of the molecule is CC(C)CCCC(C)Nc1ccncc1N. The zero-order valence-corrected chi connectivity index (χ0v) is 10.5. The molecule has 3 N–H and O–H groups in total. The predicted molar refractivity (Wildman–Crippen MR) is 70.4 cm³/mol.